The summed E-state index contributed by atoms with van der Waals surface area (Å²) in [6, 6.07) is 6.84. The summed E-state index contributed by atoms with van der Waals surface area (Å²) in [6.45, 7) is 0.00933. The van der Waals surface area contributed by atoms with Crippen LogP contribution in [0.4, 0.5) is 0 Å². The highest BCUT2D eigenvalue weighted by Gasteiger charge is 2.03. The number of carbonyl (C=O) groups is 1. The van der Waals surface area contributed by atoms with Crippen LogP contribution in [0.15, 0.2) is 24.4 Å². The standard InChI is InChI=1S/C8H7N3O/c9-4-6-11-8(12)7-3-1-2-5-10-7/h1-3,5H,6H2,(H,11,12). The third-order valence-electron chi connectivity index (χ3n) is 1.23. The van der Waals surface area contributed by atoms with Crippen LogP contribution in [0.1, 0.15) is 10.5 Å². The lowest BCUT2D eigenvalue weighted by molar-refractivity contribution is 0.0953. The highest BCUT2D eigenvalue weighted by Crippen LogP contribution is 1.91. The first kappa shape index (κ1) is 8.21. The Labute approximate surface area is 69.8 Å². The second kappa shape index (κ2) is 4.09. The summed E-state index contributed by atoms with van der Waals surface area (Å²) in [5.41, 5.74) is 0.327. The van der Waals surface area contributed by atoms with Crippen LogP contribution in [0.5, 0.6) is 0 Å². The van der Waals surface area contributed by atoms with Crippen molar-refractivity contribution < 1.29 is 4.79 Å². The van der Waals surface area contributed by atoms with Gasteiger partial charge in [0.1, 0.15) is 12.2 Å². The maximum atomic E-state index is 11.1. The Morgan fingerprint density at radius 3 is 3.08 bits per heavy atom. The van der Waals surface area contributed by atoms with E-state index < -0.39 is 0 Å². The molecule has 0 unspecified atom stereocenters. The van der Waals surface area contributed by atoms with Crippen LogP contribution in [-0.4, -0.2) is 17.4 Å². The number of carbonyl (C=O) groups excluding carboxylic acids is 1. The van der Waals surface area contributed by atoms with Crippen molar-refractivity contribution in [3.63, 3.8) is 0 Å². The van der Waals surface area contributed by atoms with E-state index in [9.17, 15) is 4.79 Å². The minimum absolute atomic E-state index is 0.00933. The molecule has 4 nitrogen and oxygen atoms in total. The van der Waals surface area contributed by atoms with Gasteiger partial charge in [0.2, 0.25) is 0 Å². The summed E-state index contributed by atoms with van der Waals surface area (Å²) in [5.74, 6) is -0.322. The molecule has 0 radical (unpaired) electrons. The zero-order valence-electron chi connectivity index (χ0n) is 6.32. The maximum absolute atomic E-state index is 11.1. The van der Waals surface area contributed by atoms with Crippen molar-refractivity contribution in [3.8, 4) is 6.07 Å². The lowest BCUT2D eigenvalue weighted by Gasteiger charge is -1.97. The lowest BCUT2D eigenvalue weighted by atomic mass is 10.3. The molecule has 0 aliphatic carbocycles. The summed E-state index contributed by atoms with van der Waals surface area (Å²) in [4.78, 5) is 14.9. The number of nitrogens with one attached hydrogen (secondary N) is 1. The Balaban J connectivity index is 2.61. The van der Waals surface area contributed by atoms with E-state index in [0.29, 0.717) is 5.69 Å². The van der Waals surface area contributed by atoms with Gasteiger partial charge in [0.25, 0.3) is 5.91 Å². The number of hydrogen-bond acceptors (Lipinski definition) is 3. The number of rotatable bonds is 2. The number of hydrogen-bond donors (Lipinski definition) is 1. The fourth-order valence-electron chi connectivity index (χ4n) is 0.707. The summed E-state index contributed by atoms with van der Waals surface area (Å²) in [5, 5.41) is 10.6. The van der Waals surface area contributed by atoms with E-state index in [1.165, 1.54) is 6.20 Å². The fourth-order valence-corrected chi connectivity index (χ4v) is 0.707. The molecule has 0 atom stereocenters. The van der Waals surface area contributed by atoms with Crippen molar-refractivity contribution in [1.82, 2.24) is 10.3 Å². The Morgan fingerprint density at radius 1 is 1.67 bits per heavy atom. The zero-order chi connectivity index (χ0) is 8.81. The molecule has 0 aliphatic heterocycles. The molecule has 1 heterocycles. The predicted octanol–water partition coefficient (Wildman–Crippen LogP) is 0.335. The van der Waals surface area contributed by atoms with Crippen LogP contribution < -0.4 is 5.32 Å². The first-order valence-corrected chi connectivity index (χ1v) is 3.41. The smallest absolute Gasteiger partial charge is 0.270 e. The van der Waals surface area contributed by atoms with Gasteiger partial charge in [-0.15, -0.1) is 0 Å². The molecule has 0 saturated carbocycles. The largest absolute Gasteiger partial charge is 0.338 e. The van der Waals surface area contributed by atoms with Crippen LogP contribution in [-0.2, 0) is 0 Å². The molecule has 1 N–H and O–H groups in total. The average Bonchev–Trinajstić information content (AvgIpc) is 2.15. The van der Waals surface area contributed by atoms with Gasteiger partial charge >= 0.3 is 0 Å². The van der Waals surface area contributed by atoms with Gasteiger partial charge in [-0.05, 0) is 12.1 Å². The third kappa shape index (κ3) is 2.06. The molecular weight excluding hydrogens is 154 g/mol. The number of pyridine rings is 1. The summed E-state index contributed by atoms with van der Waals surface area (Å²) >= 11 is 0. The molecule has 60 valence electrons. The van der Waals surface area contributed by atoms with E-state index in [4.69, 9.17) is 5.26 Å². The number of nitrogens with zero attached hydrogens (tertiary/aromatic N) is 2. The van der Waals surface area contributed by atoms with Crippen LogP contribution in [0.3, 0.4) is 0 Å². The van der Waals surface area contributed by atoms with E-state index in [-0.39, 0.29) is 12.5 Å². The molecule has 0 aliphatic rings. The van der Waals surface area contributed by atoms with Crippen LogP contribution >= 0.6 is 0 Å². The summed E-state index contributed by atoms with van der Waals surface area (Å²) in [7, 11) is 0. The molecule has 1 rings (SSSR count). The SMILES string of the molecule is N#CCNC(=O)c1ccccn1. The predicted molar refractivity (Wildman–Crippen MR) is 42.2 cm³/mol. The molecule has 0 spiro atoms. The van der Waals surface area contributed by atoms with E-state index >= 15 is 0 Å². The van der Waals surface area contributed by atoms with E-state index in [2.05, 4.69) is 10.3 Å². The fraction of sp³-hybridized carbons (Fsp3) is 0.125. The van der Waals surface area contributed by atoms with Crippen molar-refractivity contribution in [2.75, 3.05) is 6.54 Å². The maximum Gasteiger partial charge on any atom is 0.270 e. The van der Waals surface area contributed by atoms with Crippen molar-refractivity contribution in [3.05, 3.63) is 30.1 Å². The molecule has 1 aromatic rings. The first-order chi connectivity index (χ1) is 5.84. The first-order valence-electron chi connectivity index (χ1n) is 3.41. The molecular formula is C8H7N3O. The van der Waals surface area contributed by atoms with Gasteiger partial charge in [0.05, 0.1) is 6.07 Å². The second-order valence-corrected chi connectivity index (χ2v) is 2.06. The highest BCUT2D eigenvalue weighted by atomic mass is 16.1. The minimum Gasteiger partial charge on any atom is -0.338 e. The van der Waals surface area contributed by atoms with Crippen LogP contribution in [0, 0.1) is 11.3 Å². The molecule has 1 aromatic heterocycles. The number of aromatic nitrogens is 1. The molecule has 0 fully saturated rings. The summed E-state index contributed by atoms with van der Waals surface area (Å²) in [6.07, 6.45) is 1.53. The lowest BCUT2D eigenvalue weighted by Crippen LogP contribution is -2.24. The molecule has 4 heteroatoms. The third-order valence-corrected chi connectivity index (χ3v) is 1.23. The van der Waals surface area contributed by atoms with E-state index in [1.54, 1.807) is 18.2 Å². The molecule has 0 saturated heterocycles. The average molecular weight is 161 g/mol. The van der Waals surface area contributed by atoms with E-state index in [0.717, 1.165) is 0 Å². The van der Waals surface area contributed by atoms with Crippen molar-refractivity contribution in [2.45, 2.75) is 0 Å². The van der Waals surface area contributed by atoms with Gasteiger partial charge in [0.15, 0.2) is 0 Å². The Morgan fingerprint density at radius 2 is 2.50 bits per heavy atom. The normalized spacial score (nSPS) is 8.58. The number of amides is 1. The van der Waals surface area contributed by atoms with Gasteiger partial charge < -0.3 is 5.32 Å². The van der Waals surface area contributed by atoms with Crippen molar-refractivity contribution in [1.29, 1.82) is 5.26 Å². The second-order valence-electron chi connectivity index (χ2n) is 2.06. The van der Waals surface area contributed by atoms with Gasteiger partial charge in [0, 0.05) is 6.20 Å². The minimum atomic E-state index is -0.322. The van der Waals surface area contributed by atoms with Crippen LogP contribution in [0.25, 0.3) is 0 Å². The molecule has 1 amide bonds. The monoisotopic (exact) mass is 161 g/mol. The molecule has 0 bridgehead atoms. The van der Waals surface area contributed by atoms with Gasteiger partial charge in [-0.3, -0.25) is 9.78 Å². The summed E-state index contributed by atoms with van der Waals surface area (Å²) < 4.78 is 0. The number of nitriles is 1. The van der Waals surface area contributed by atoms with Crippen LogP contribution in [0.2, 0.25) is 0 Å². The highest BCUT2D eigenvalue weighted by molar-refractivity contribution is 5.92. The van der Waals surface area contributed by atoms with Gasteiger partial charge in [-0.1, -0.05) is 6.07 Å². The van der Waals surface area contributed by atoms with Crippen molar-refractivity contribution >= 4 is 5.91 Å². The van der Waals surface area contributed by atoms with Gasteiger partial charge in [-0.25, -0.2) is 0 Å². The Kier molecular flexibility index (Phi) is 2.79. The molecule has 12 heavy (non-hydrogen) atoms. The Bertz CT molecular complexity index is 302. The quantitative estimate of drug-likeness (QED) is 0.636. The Hall–Kier alpha value is -1.89. The van der Waals surface area contributed by atoms with Crippen molar-refractivity contribution in [2.24, 2.45) is 0 Å². The van der Waals surface area contributed by atoms with E-state index in [1.807, 2.05) is 6.07 Å². The topological polar surface area (TPSA) is 65.8 Å². The zero-order valence-corrected chi connectivity index (χ0v) is 6.32. The van der Waals surface area contributed by atoms with Gasteiger partial charge in [-0.2, -0.15) is 5.26 Å². The molecule has 0 aromatic carbocycles.